The van der Waals surface area contributed by atoms with Crippen molar-refractivity contribution in [1.29, 1.82) is 5.26 Å². The van der Waals surface area contributed by atoms with Gasteiger partial charge in [-0.3, -0.25) is 4.90 Å². The van der Waals surface area contributed by atoms with Crippen molar-refractivity contribution in [1.82, 2.24) is 4.90 Å². The lowest BCUT2D eigenvalue weighted by molar-refractivity contribution is 0.0612. The van der Waals surface area contributed by atoms with E-state index in [1.165, 1.54) is 25.7 Å². The Bertz CT molecular complexity index is 374. The smallest absolute Gasteiger partial charge is 0.0672 e. The highest BCUT2D eigenvalue weighted by molar-refractivity contribution is 5.01. The number of nitrogens with zero attached hydrogens (tertiary/aromatic N) is 2. The lowest BCUT2D eigenvalue weighted by Gasteiger charge is -2.44. The second-order valence-corrected chi connectivity index (χ2v) is 7.82. The molecule has 0 aromatic carbocycles. The van der Waals surface area contributed by atoms with Gasteiger partial charge < -0.3 is 5.11 Å². The van der Waals surface area contributed by atoms with E-state index in [-0.39, 0.29) is 5.92 Å². The summed E-state index contributed by atoms with van der Waals surface area (Å²) < 4.78 is 0. The van der Waals surface area contributed by atoms with Crippen molar-refractivity contribution in [3.05, 3.63) is 0 Å². The third-order valence-corrected chi connectivity index (χ3v) is 6.32. The first-order valence-electron chi connectivity index (χ1n) is 8.76. The van der Waals surface area contributed by atoms with Gasteiger partial charge in [0, 0.05) is 19.2 Å². The molecule has 1 aliphatic heterocycles. The number of hydrogen-bond donors (Lipinski definition) is 1. The van der Waals surface area contributed by atoms with Crippen LogP contribution in [0.2, 0.25) is 0 Å². The highest BCUT2D eigenvalue weighted by atomic mass is 16.3. The number of likely N-dealkylation sites (tertiary alicyclic amines) is 1. The van der Waals surface area contributed by atoms with Gasteiger partial charge in [0.05, 0.1) is 12.0 Å². The molecule has 3 heteroatoms. The van der Waals surface area contributed by atoms with E-state index in [1.54, 1.807) is 0 Å². The topological polar surface area (TPSA) is 47.3 Å². The Morgan fingerprint density at radius 3 is 2.67 bits per heavy atom. The maximum Gasteiger partial charge on any atom is 0.0672 e. The molecular formula is C18H32N2O. The number of rotatable bonds is 5. The largest absolute Gasteiger partial charge is 0.396 e. The molecule has 0 amide bonds. The molecule has 1 heterocycles. The first-order valence-corrected chi connectivity index (χ1v) is 8.76. The predicted octanol–water partition coefficient (Wildman–Crippen LogP) is 3.44. The third-order valence-electron chi connectivity index (χ3n) is 6.32. The summed E-state index contributed by atoms with van der Waals surface area (Å²) in [7, 11) is 0. The minimum absolute atomic E-state index is 0.210. The molecule has 0 bridgehead atoms. The van der Waals surface area contributed by atoms with Crippen molar-refractivity contribution in [2.24, 2.45) is 23.2 Å². The second-order valence-electron chi connectivity index (χ2n) is 7.82. The van der Waals surface area contributed by atoms with Crippen LogP contribution in [0.3, 0.4) is 0 Å². The molecule has 3 nitrogen and oxygen atoms in total. The van der Waals surface area contributed by atoms with Gasteiger partial charge in [-0.05, 0) is 55.9 Å². The van der Waals surface area contributed by atoms with Crippen molar-refractivity contribution in [2.75, 3.05) is 19.7 Å². The monoisotopic (exact) mass is 292 g/mol. The zero-order valence-corrected chi connectivity index (χ0v) is 14.0. The molecule has 0 aromatic rings. The van der Waals surface area contributed by atoms with Gasteiger partial charge in [-0.2, -0.15) is 5.26 Å². The van der Waals surface area contributed by atoms with E-state index in [1.807, 2.05) is 0 Å². The van der Waals surface area contributed by atoms with Crippen LogP contribution in [0.15, 0.2) is 0 Å². The van der Waals surface area contributed by atoms with Crippen LogP contribution in [-0.2, 0) is 0 Å². The molecule has 2 rings (SSSR count). The SMILES string of the molecule is CCC(C)(C)C1CCC(C#N)C(N2CCC(CCO)C2)C1. The standard InChI is InChI=1S/C18H32N2O/c1-4-18(2,3)16-6-5-15(12-19)17(11-16)20-9-7-14(13-20)8-10-21/h14-17,21H,4-11,13H2,1-3H3. The van der Waals surface area contributed by atoms with Crippen molar-refractivity contribution in [3.63, 3.8) is 0 Å². The van der Waals surface area contributed by atoms with E-state index in [0.29, 0.717) is 24.0 Å². The predicted molar refractivity (Wildman–Crippen MR) is 85.7 cm³/mol. The minimum atomic E-state index is 0.210. The van der Waals surface area contributed by atoms with E-state index in [0.717, 1.165) is 31.8 Å². The Balaban J connectivity index is 2.03. The highest BCUT2D eigenvalue weighted by Gasteiger charge is 2.41. The van der Waals surface area contributed by atoms with E-state index >= 15 is 0 Å². The number of aliphatic hydroxyl groups is 1. The normalized spacial score (nSPS) is 34.8. The van der Waals surface area contributed by atoms with Gasteiger partial charge in [-0.25, -0.2) is 0 Å². The Morgan fingerprint density at radius 2 is 2.05 bits per heavy atom. The summed E-state index contributed by atoms with van der Waals surface area (Å²) in [6.07, 6.45) is 6.79. The summed E-state index contributed by atoms with van der Waals surface area (Å²) in [6, 6.07) is 3.02. The van der Waals surface area contributed by atoms with E-state index in [4.69, 9.17) is 5.11 Å². The van der Waals surface area contributed by atoms with Crippen LogP contribution < -0.4 is 0 Å². The minimum Gasteiger partial charge on any atom is -0.396 e. The molecule has 120 valence electrons. The molecule has 1 saturated carbocycles. The average molecular weight is 292 g/mol. The third kappa shape index (κ3) is 3.79. The van der Waals surface area contributed by atoms with Crippen molar-refractivity contribution in [2.45, 2.75) is 65.3 Å². The van der Waals surface area contributed by atoms with E-state index in [2.05, 4.69) is 31.7 Å². The lowest BCUT2D eigenvalue weighted by atomic mass is 9.66. The number of aliphatic hydroxyl groups excluding tert-OH is 1. The molecule has 2 aliphatic rings. The van der Waals surface area contributed by atoms with Crippen LogP contribution >= 0.6 is 0 Å². The van der Waals surface area contributed by atoms with Gasteiger partial charge in [-0.1, -0.05) is 27.2 Å². The van der Waals surface area contributed by atoms with Crippen molar-refractivity contribution in [3.8, 4) is 6.07 Å². The van der Waals surface area contributed by atoms with Crippen LogP contribution in [0.4, 0.5) is 0 Å². The van der Waals surface area contributed by atoms with Gasteiger partial charge in [0.15, 0.2) is 0 Å². The first kappa shape index (κ1) is 16.8. The molecule has 4 unspecified atom stereocenters. The zero-order chi connectivity index (χ0) is 15.5. The van der Waals surface area contributed by atoms with Crippen LogP contribution in [0.5, 0.6) is 0 Å². The van der Waals surface area contributed by atoms with Crippen LogP contribution in [0.25, 0.3) is 0 Å². The van der Waals surface area contributed by atoms with Gasteiger partial charge in [0.2, 0.25) is 0 Å². The summed E-state index contributed by atoms with van der Waals surface area (Å²) in [4.78, 5) is 2.56. The zero-order valence-electron chi connectivity index (χ0n) is 14.0. The summed E-state index contributed by atoms with van der Waals surface area (Å²) in [5, 5.41) is 18.7. The summed E-state index contributed by atoms with van der Waals surface area (Å²) in [5.41, 5.74) is 0.392. The average Bonchev–Trinajstić information content (AvgIpc) is 2.95. The quantitative estimate of drug-likeness (QED) is 0.844. The molecule has 1 N–H and O–H groups in total. The maximum absolute atomic E-state index is 9.52. The molecule has 4 atom stereocenters. The fraction of sp³-hybridized carbons (Fsp3) is 0.944. The summed E-state index contributed by atoms with van der Waals surface area (Å²) >= 11 is 0. The molecule has 0 aromatic heterocycles. The molecule has 1 aliphatic carbocycles. The van der Waals surface area contributed by atoms with Gasteiger partial charge in [0.1, 0.15) is 0 Å². The fourth-order valence-corrected chi connectivity index (χ4v) is 4.28. The molecule has 21 heavy (non-hydrogen) atoms. The molecule has 1 saturated heterocycles. The Labute approximate surface area is 130 Å². The van der Waals surface area contributed by atoms with Gasteiger partial charge >= 0.3 is 0 Å². The Hall–Kier alpha value is -0.590. The summed E-state index contributed by atoms with van der Waals surface area (Å²) in [5.74, 6) is 1.59. The molecular weight excluding hydrogens is 260 g/mol. The second kappa shape index (κ2) is 7.11. The van der Waals surface area contributed by atoms with Crippen LogP contribution in [0.1, 0.15) is 59.3 Å². The van der Waals surface area contributed by atoms with E-state index < -0.39 is 0 Å². The lowest BCUT2D eigenvalue weighted by Crippen LogP contribution is -2.45. The molecule has 0 radical (unpaired) electrons. The van der Waals surface area contributed by atoms with Gasteiger partial charge in [0.25, 0.3) is 0 Å². The number of hydrogen-bond acceptors (Lipinski definition) is 3. The van der Waals surface area contributed by atoms with Crippen LogP contribution in [0, 0.1) is 34.5 Å². The van der Waals surface area contributed by atoms with Crippen molar-refractivity contribution >= 4 is 0 Å². The summed E-state index contributed by atoms with van der Waals surface area (Å²) in [6.45, 7) is 9.57. The first-order chi connectivity index (χ1) is 10.0. The maximum atomic E-state index is 9.52. The van der Waals surface area contributed by atoms with Gasteiger partial charge in [-0.15, -0.1) is 0 Å². The molecule has 2 fully saturated rings. The Kier molecular flexibility index (Phi) is 5.68. The van der Waals surface area contributed by atoms with Crippen LogP contribution in [-0.4, -0.2) is 35.7 Å². The van der Waals surface area contributed by atoms with Crippen molar-refractivity contribution < 1.29 is 5.11 Å². The Morgan fingerprint density at radius 1 is 1.29 bits per heavy atom. The fourth-order valence-electron chi connectivity index (χ4n) is 4.28. The number of nitriles is 1. The molecule has 0 spiro atoms. The highest BCUT2D eigenvalue weighted by Crippen LogP contribution is 2.44. The van der Waals surface area contributed by atoms with E-state index in [9.17, 15) is 5.26 Å².